The van der Waals surface area contributed by atoms with E-state index in [1.807, 2.05) is 0 Å². The Balaban J connectivity index is -0.0000000450. The number of hydrogen-bond acceptors (Lipinski definition) is 2. The molecule has 3 heteroatoms. The first-order valence-corrected chi connectivity index (χ1v) is 0.744. The summed E-state index contributed by atoms with van der Waals surface area (Å²) in [5.41, 5.74) is 0. The summed E-state index contributed by atoms with van der Waals surface area (Å²) in [7, 11) is 2.81. The molecule has 0 aliphatic heterocycles. The Bertz CT molecular complexity index is 48.8. The van der Waals surface area contributed by atoms with Gasteiger partial charge < -0.3 is 17.2 Å². The molecule has 0 bridgehead atoms. The van der Waals surface area contributed by atoms with Gasteiger partial charge in [-0.15, -0.1) is 0 Å². The maximum Gasteiger partial charge on any atom is 0 e. The summed E-state index contributed by atoms with van der Waals surface area (Å²) in [5.74, 6) is 0. The van der Waals surface area contributed by atoms with Crippen molar-refractivity contribution in [2.45, 2.75) is 0 Å². The summed E-state index contributed by atoms with van der Waals surface area (Å²) in [6.45, 7) is 0. The molecule has 0 saturated carbocycles. The number of aliphatic imine (C=N–C) groups is 1. The van der Waals surface area contributed by atoms with Crippen LogP contribution in [-0.4, -0.2) is 6.08 Å². The molecule has 0 fully saturated rings. The molecule has 0 amide bonds. The fourth-order valence-corrected chi connectivity index (χ4v) is 0. The van der Waals surface area contributed by atoms with Crippen LogP contribution in [0.15, 0.2) is 4.99 Å². The molecule has 0 aromatic carbocycles. The van der Waals surface area contributed by atoms with Crippen LogP contribution in [0, 0.1) is 14.5 Å². The fraction of sp³-hybridized carbons (Fsp3) is 0. The Morgan fingerprint density at radius 1 is 1.67 bits per heavy atom. The van der Waals surface area contributed by atoms with Gasteiger partial charge in [0.25, 0.3) is 0 Å². The van der Waals surface area contributed by atoms with Gasteiger partial charge in [0.1, 0.15) is 0 Å². The minimum atomic E-state index is 0. The van der Waals surface area contributed by atoms with Crippen molar-refractivity contribution in [2.24, 2.45) is 4.99 Å². The molecular weight excluding hydrogens is 155 g/mol. The summed E-state index contributed by atoms with van der Waals surface area (Å²) in [6, 6.07) is 0. The van der Waals surface area contributed by atoms with Crippen LogP contribution in [0.2, 0.25) is 0 Å². The average Bonchev–Trinajstić information content (AvgIpc) is 1.37. The molecular formula is C3H5NOY-2. The van der Waals surface area contributed by atoms with Gasteiger partial charge in [-0.05, 0) is 6.08 Å². The maximum atomic E-state index is 8.82. The fourth-order valence-electron chi connectivity index (χ4n) is 0. The van der Waals surface area contributed by atoms with Crippen molar-refractivity contribution in [3.63, 3.8) is 0 Å². The molecule has 0 aromatic rings. The van der Waals surface area contributed by atoms with E-state index in [1.165, 1.54) is 6.08 Å². The number of rotatable bonds is 0. The average molecular weight is 160 g/mol. The molecule has 0 N–H and O–H groups in total. The molecule has 1 radical (unpaired) electrons. The predicted octanol–water partition coefficient (Wildman–Crippen LogP) is 0.562. The zero-order chi connectivity index (χ0) is 3.41. The van der Waals surface area contributed by atoms with Crippen LogP contribution < -0.4 is 0 Å². The third kappa shape index (κ3) is 26.7. The Hall–Kier alpha value is 0.354. The second-order valence-corrected chi connectivity index (χ2v) is 0.249. The summed E-state index contributed by atoms with van der Waals surface area (Å²) in [4.78, 5) is 11.5. The molecule has 33 valence electrons. The summed E-state index contributed by atoms with van der Waals surface area (Å²) < 4.78 is 0. The predicted molar refractivity (Wildman–Crippen MR) is 19.9 cm³/mol. The minimum absolute atomic E-state index is 0. The summed E-state index contributed by atoms with van der Waals surface area (Å²) in [6.07, 6.45) is 1.19. The molecule has 0 saturated heterocycles. The van der Waals surface area contributed by atoms with Crippen LogP contribution >= 0.6 is 0 Å². The Morgan fingerprint density at radius 3 is 1.83 bits per heavy atom. The van der Waals surface area contributed by atoms with Crippen LogP contribution in [0.25, 0.3) is 0 Å². The van der Waals surface area contributed by atoms with Gasteiger partial charge in [0.05, 0.1) is 0 Å². The van der Waals surface area contributed by atoms with E-state index in [0.717, 1.165) is 0 Å². The minimum Gasteiger partial charge on any atom is -0.389 e. The van der Waals surface area contributed by atoms with Crippen molar-refractivity contribution in [1.29, 1.82) is 0 Å². The van der Waals surface area contributed by atoms with Crippen LogP contribution in [0.3, 0.4) is 0 Å². The molecule has 0 unspecified atom stereocenters. The molecule has 0 aliphatic rings. The molecule has 0 heterocycles. The number of nitrogens with zero attached hydrogens (tertiary/aromatic N) is 1. The first kappa shape index (κ1) is 16.2. The molecule has 2 nitrogen and oxygen atoms in total. The largest absolute Gasteiger partial charge is 0.389 e. The normalized spacial score (nSPS) is 2.67. The first-order chi connectivity index (χ1) is 1.91. The smallest absolute Gasteiger partial charge is 0 e. The second-order valence-electron chi connectivity index (χ2n) is 0.249. The van der Waals surface area contributed by atoms with Crippen LogP contribution in [0.4, 0.5) is 0 Å². The van der Waals surface area contributed by atoms with E-state index < -0.39 is 0 Å². The van der Waals surface area contributed by atoms with Gasteiger partial charge in [0, 0.05) is 32.7 Å². The SMILES string of the molecule is [CH2-]N=C=O.[CH3-].[Y]. The van der Waals surface area contributed by atoms with E-state index in [4.69, 9.17) is 4.79 Å². The molecule has 6 heavy (non-hydrogen) atoms. The van der Waals surface area contributed by atoms with Gasteiger partial charge >= 0.3 is 0 Å². The zero-order valence-electron chi connectivity index (χ0n) is 3.64. The number of isocyanates is 1. The molecule has 0 aromatic heterocycles. The van der Waals surface area contributed by atoms with Crippen molar-refractivity contribution in [3.8, 4) is 0 Å². The van der Waals surface area contributed by atoms with E-state index in [-0.39, 0.29) is 40.1 Å². The maximum absolute atomic E-state index is 8.82. The molecule has 0 aliphatic carbocycles. The Kier molecular flexibility index (Phi) is 49.4. The standard InChI is InChI=1S/C2H2NO.CH3.Y/c1-3-2-4;;/h1H2;1H3;/q2*-1;. The van der Waals surface area contributed by atoms with Gasteiger partial charge in [0.15, 0.2) is 0 Å². The third-order valence-electron chi connectivity index (χ3n) is 0.0645. The monoisotopic (exact) mass is 160 g/mol. The topological polar surface area (TPSA) is 29.4 Å². The molecule has 0 spiro atoms. The van der Waals surface area contributed by atoms with Crippen molar-refractivity contribution in [2.75, 3.05) is 0 Å². The van der Waals surface area contributed by atoms with E-state index >= 15 is 0 Å². The molecule has 0 atom stereocenters. The van der Waals surface area contributed by atoms with Gasteiger partial charge in [-0.3, -0.25) is 0 Å². The van der Waals surface area contributed by atoms with Crippen molar-refractivity contribution < 1.29 is 37.5 Å². The van der Waals surface area contributed by atoms with Gasteiger partial charge in [-0.2, -0.15) is 7.05 Å². The summed E-state index contributed by atoms with van der Waals surface area (Å²) in [5, 5.41) is 0. The number of hydrogen-bond donors (Lipinski definition) is 0. The Labute approximate surface area is 62.9 Å². The van der Waals surface area contributed by atoms with Crippen LogP contribution in [0.5, 0.6) is 0 Å². The Morgan fingerprint density at radius 2 is 1.83 bits per heavy atom. The summed E-state index contributed by atoms with van der Waals surface area (Å²) >= 11 is 0. The van der Waals surface area contributed by atoms with Crippen LogP contribution in [0.1, 0.15) is 0 Å². The van der Waals surface area contributed by atoms with Gasteiger partial charge in [0.2, 0.25) is 0 Å². The molecule has 0 rings (SSSR count). The van der Waals surface area contributed by atoms with Crippen LogP contribution in [-0.2, 0) is 37.5 Å². The van der Waals surface area contributed by atoms with Gasteiger partial charge in [-0.1, -0.05) is 0 Å². The first-order valence-electron chi connectivity index (χ1n) is 0.744. The van der Waals surface area contributed by atoms with E-state index in [1.54, 1.807) is 0 Å². The second kappa shape index (κ2) is 18.3. The van der Waals surface area contributed by atoms with Crippen molar-refractivity contribution in [1.82, 2.24) is 0 Å². The van der Waals surface area contributed by atoms with E-state index in [0.29, 0.717) is 0 Å². The quantitative estimate of drug-likeness (QED) is 0.289. The van der Waals surface area contributed by atoms with Crippen molar-refractivity contribution in [3.05, 3.63) is 14.5 Å². The van der Waals surface area contributed by atoms with E-state index in [2.05, 4.69) is 12.0 Å². The van der Waals surface area contributed by atoms with Crippen molar-refractivity contribution >= 4 is 6.08 Å². The zero-order valence-corrected chi connectivity index (χ0v) is 6.48. The third-order valence-corrected chi connectivity index (χ3v) is 0.0645. The van der Waals surface area contributed by atoms with E-state index in [9.17, 15) is 0 Å². The number of carbonyl (C=O) groups excluding carboxylic acids is 1. The van der Waals surface area contributed by atoms with Gasteiger partial charge in [-0.25, -0.2) is 0 Å².